The fourth-order valence-corrected chi connectivity index (χ4v) is 1.01. The zero-order valence-electron chi connectivity index (χ0n) is 8.13. The van der Waals surface area contributed by atoms with Crippen LogP contribution in [-0.2, 0) is 4.74 Å². The van der Waals surface area contributed by atoms with Gasteiger partial charge >= 0.3 is 6.09 Å². The lowest BCUT2D eigenvalue weighted by atomic mass is 10.2. The minimum absolute atomic E-state index is 0.142. The van der Waals surface area contributed by atoms with Gasteiger partial charge in [0.2, 0.25) is 0 Å². The number of hydrogen-bond acceptors (Lipinski definition) is 2. The Morgan fingerprint density at radius 1 is 1.57 bits per heavy atom. The number of halogens is 1. The van der Waals surface area contributed by atoms with Crippen molar-refractivity contribution >= 4 is 11.8 Å². The molecule has 1 rings (SSSR count). The van der Waals surface area contributed by atoms with Crippen LogP contribution in [-0.4, -0.2) is 12.7 Å². The van der Waals surface area contributed by atoms with E-state index < -0.39 is 11.9 Å². The maximum atomic E-state index is 13.1. The average Bonchev–Trinajstić information content (AvgIpc) is 2.12. The number of benzene rings is 1. The van der Waals surface area contributed by atoms with E-state index in [1.165, 1.54) is 6.07 Å². The molecule has 0 aromatic heterocycles. The van der Waals surface area contributed by atoms with Crippen LogP contribution in [0, 0.1) is 12.7 Å². The molecule has 0 aliphatic carbocycles. The second-order valence-electron chi connectivity index (χ2n) is 2.83. The molecule has 4 heteroatoms. The summed E-state index contributed by atoms with van der Waals surface area (Å²) in [6.45, 7) is 3.77. The molecule has 14 heavy (non-hydrogen) atoms. The molecule has 0 spiro atoms. The van der Waals surface area contributed by atoms with E-state index in [0.717, 1.165) is 5.56 Å². The molecule has 0 saturated heterocycles. The van der Waals surface area contributed by atoms with Gasteiger partial charge in [-0.05, 0) is 31.5 Å². The molecular weight excluding hydrogens is 185 g/mol. The van der Waals surface area contributed by atoms with Gasteiger partial charge in [-0.2, -0.15) is 0 Å². The number of rotatable bonds is 2. The molecule has 3 nitrogen and oxygen atoms in total. The fraction of sp³-hybridized carbons (Fsp3) is 0.300. The molecule has 1 N–H and O–H groups in total. The molecule has 0 radical (unpaired) electrons. The van der Waals surface area contributed by atoms with Crippen LogP contribution >= 0.6 is 0 Å². The Labute approximate surface area is 81.9 Å². The normalized spacial score (nSPS) is 9.64. The number of aryl methyl sites for hydroxylation is 1. The molecule has 1 aromatic rings. The topological polar surface area (TPSA) is 38.3 Å². The number of hydrogen-bond donors (Lipinski definition) is 1. The number of amides is 1. The molecule has 0 atom stereocenters. The van der Waals surface area contributed by atoms with Gasteiger partial charge in [0, 0.05) is 0 Å². The van der Waals surface area contributed by atoms with E-state index >= 15 is 0 Å². The highest BCUT2D eigenvalue weighted by atomic mass is 19.1. The maximum Gasteiger partial charge on any atom is 0.411 e. The predicted molar refractivity (Wildman–Crippen MR) is 51.8 cm³/mol. The van der Waals surface area contributed by atoms with Crippen molar-refractivity contribution in [1.29, 1.82) is 0 Å². The van der Waals surface area contributed by atoms with Gasteiger partial charge in [0.05, 0.1) is 12.3 Å². The van der Waals surface area contributed by atoms with E-state index in [1.54, 1.807) is 19.1 Å². The van der Waals surface area contributed by atoms with E-state index in [2.05, 4.69) is 10.1 Å². The Morgan fingerprint density at radius 3 is 2.93 bits per heavy atom. The zero-order chi connectivity index (χ0) is 10.6. The second-order valence-corrected chi connectivity index (χ2v) is 2.83. The largest absolute Gasteiger partial charge is 0.450 e. The van der Waals surface area contributed by atoms with Gasteiger partial charge in [-0.1, -0.05) is 6.07 Å². The minimum Gasteiger partial charge on any atom is -0.450 e. The molecule has 1 aromatic carbocycles. The Kier molecular flexibility index (Phi) is 3.45. The first kappa shape index (κ1) is 10.5. The number of nitrogens with one attached hydrogen (secondary N) is 1. The van der Waals surface area contributed by atoms with Crippen LogP contribution in [0.1, 0.15) is 12.5 Å². The molecule has 0 aliphatic heterocycles. The van der Waals surface area contributed by atoms with Gasteiger partial charge in [0.25, 0.3) is 0 Å². The summed E-state index contributed by atoms with van der Waals surface area (Å²) in [5, 5.41) is 2.32. The van der Waals surface area contributed by atoms with E-state index in [4.69, 9.17) is 0 Å². The first-order valence-corrected chi connectivity index (χ1v) is 4.33. The van der Waals surface area contributed by atoms with Crippen molar-refractivity contribution in [2.75, 3.05) is 11.9 Å². The summed E-state index contributed by atoms with van der Waals surface area (Å²) in [4.78, 5) is 11.0. The third-order valence-electron chi connectivity index (χ3n) is 1.63. The second kappa shape index (κ2) is 4.60. The molecule has 0 fully saturated rings. The molecule has 76 valence electrons. The third kappa shape index (κ3) is 2.73. The summed E-state index contributed by atoms with van der Waals surface area (Å²) in [5.74, 6) is -0.469. The summed E-state index contributed by atoms with van der Waals surface area (Å²) in [5.41, 5.74) is 1.02. The minimum atomic E-state index is -0.642. The van der Waals surface area contributed by atoms with E-state index in [9.17, 15) is 9.18 Å². The standard InChI is InChI=1S/C10H12FNO2/c1-3-14-10(13)12-9-6-7(2)4-5-8(9)11/h4-6H,3H2,1-2H3,(H,12,13). The highest BCUT2D eigenvalue weighted by Crippen LogP contribution is 2.15. The smallest absolute Gasteiger partial charge is 0.411 e. The number of ether oxygens (including phenoxy) is 1. The molecule has 0 unspecified atom stereocenters. The van der Waals surface area contributed by atoms with Gasteiger partial charge in [0.1, 0.15) is 5.82 Å². The molecule has 0 aliphatic rings. The van der Waals surface area contributed by atoms with Crippen LogP contribution < -0.4 is 5.32 Å². The molecule has 0 heterocycles. The molecule has 0 saturated carbocycles. The van der Waals surface area contributed by atoms with Gasteiger partial charge < -0.3 is 4.74 Å². The highest BCUT2D eigenvalue weighted by Gasteiger charge is 2.06. The van der Waals surface area contributed by atoms with Crippen molar-refractivity contribution < 1.29 is 13.9 Å². The van der Waals surface area contributed by atoms with E-state index in [1.807, 2.05) is 6.92 Å². The van der Waals surface area contributed by atoms with Crippen LogP contribution in [0.3, 0.4) is 0 Å². The number of anilines is 1. The van der Waals surface area contributed by atoms with Crippen molar-refractivity contribution in [2.24, 2.45) is 0 Å². The van der Waals surface area contributed by atoms with Gasteiger partial charge in [-0.3, -0.25) is 5.32 Å². The van der Waals surface area contributed by atoms with E-state index in [0.29, 0.717) is 0 Å². The van der Waals surface area contributed by atoms with Crippen molar-refractivity contribution in [2.45, 2.75) is 13.8 Å². The molecule has 1 amide bonds. The van der Waals surface area contributed by atoms with Gasteiger partial charge in [-0.25, -0.2) is 9.18 Å². The summed E-state index contributed by atoms with van der Waals surface area (Å²) >= 11 is 0. The summed E-state index contributed by atoms with van der Waals surface area (Å²) in [7, 11) is 0. The van der Waals surface area contributed by atoms with Crippen LogP contribution in [0.2, 0.25) is 0 Å². The first-order valence-electron chi connectivity index (χ1n) is 4.33. The summed E-state index contributed by atoms with van der Waals surface area (Å²) in [6.07, 6.45) is -0.642. The number of carbonyl (C=O) groups excluding carboxylic acids is 1. The van der Waals surface area contributed by atoms with Crippen LogP contribution in [0.25, 0.3) is 0 Å². The highest BCUT2D eigenvalue weighted by molar-refractivity contribution is 5.84. The molecule has 0 bridgehead atoms. The lowest BCUT2D eigenvalue weighted by molar-refractivity contribution is 0.168. The zero-order valence-corrected chi connectivity index (χ0v) is 8.13. The third-order valence-corrected chi connectivity index (χ3v) is 1.63. The lowest BCUT2D eigenvalue weighted by Gasteiger charge is -2.06. The van der Waals surface area contributed by atoms with Crippen molar-refractivity contribution in [3.63, 3.8) is 0 Å². The average molecular weight is 197 g/mol. The monoisotopic (exact) mass is 197 g/mol. The molecular formula is C10H12FNO2. The number of carbonyl (C=O) groups is 1. The predicted octanol–water partition coefficient (Wildman–Crippen LogP) is 2.70. The quantitative estimate of drug-likeness (QED) is 0.791. The fourth-order valence-electron chi connectivity index (χ4n) is 1.01. The lowest BCUT2D eigenvalue weighted by Crippen LogP contribution is -2.14. The Morgan fingerprint density at radius 2 is 2.29 bits per heavy atom. The summed E-state index contributed by atoms with van der Waals surface area (Å²) in [6, 6.07) is 4.48. The Balaban J connectivity index is 2.75. The van der Waals surface area contributed by atoms with Crippen molar-refractivity contribution in [3.05, 3.63) is 29.6 Å². The van der Waals surface area contributed by atoms with Crippen LogP contribution in [0.5, 0.6) is 0 Å². The van der Waals surface area contributed by atoms with Crippen LogP contribution in [0.4, 0.5) is 14.9 Å². The van der Waals surface area contributed by atoms with E-state index in [-0.39, 0.29) is 12.3 Å². The van der Waals surface area contributed by atoms with Crippen molar-refractivity contribution in [3.8, 4) is 0 Å². The van der Waals surface area contributed by atoms with Crippen molar-refractivity contribution in [1.82, 2.24) is 0 Å². The summed E-state index contributed by atoms with van der Waals surface area (Å²) < 4.78 is 17.7. The van der Waals surface area contributed by atoms with Crippen LogP contribution in [0.15, 0.2) is 18.2 Å². The SMILES string of the molecule is CCOC(=O)Nc1cc(C)ccc1F. The maximum absolute atomic E-state index is 13.1. The van der Waals surface area contributed by atoms with Gasteiger partial charge in [-0.15, -0.1) is 0 Å². The van der Waals surface area contributed by atoms with Gasteiger partial charge in [0.15, 0.2) is 0 Å². The first-order chi connectivity index (χ1) is 6.63. The Bertz CT molecular complexity index is 339. The Hall–Kier alpha value is -1.58.